The van der Waals surface area contributed by atoms with Crippen molar-refractivity contribution >= 4 is 28.5 Å². The largest absolute Gasteiger partial charge is 0.349 e. The quantitative estimate of drug-likeness (QED) is 0.886. The molecule has 1 N–H and O–H groups in total. The number of hydrogen-bond acceptors (Lipinski definition) is 2. The molecular weight excluding hydrogens is 238 g/mol. The smallest absolute Gasteiger partial charge is 0.251 e. The second-order valence-electron chi connectivity index (χ2n) is 4.39. The molecule has 0 bridgehead atoms. The molecule has 0 saturated heterocycles. The Bertz CT molecular complexity index is 601. The van der Waals surface area contributed by atoms with Crippen LogP contribution in [0.3, 0.4) is 0 Å². The predicted molar refractivity (Wildman–Crippen MR) is 66.2 cm³/mol. The van der Waals surface area contributed by atoms with Crippen LogP contribution in [0.2, 0.25) is 5.28 Å². The average Bonchev–Trinajstić information content (AvgIpc) is 3.07. The zero-order valence-electron chi connectivity index (χ0n) is 9.40. The summed E-state index contributed by atoms with van der Waals surface area (Å²) in [6.07, 6.45) is 2.17. The van der Waals surface area contributed by atoms with Gasteiger partial charge >= 0.3 is 0 Å². The van der Waals surface area contributed by atoms with Crippen LogP contribution in [-0.2, 0) is 7.05 Å². The van der Waals surface area contributed by atoms with E-state index in [1.54, 1.807) is 16.7 Å². The SMILES string of the molecule is Cn1c(Cl)nc2cc(C(=O)NC3CC3)ccc21. The van der Waals surface area contributed by atoms with E-state index in [4.69, 9.17) is 11.6 Å². The fourth-order valence-corrected chi connectivity index (χ4v) is 1.99. The van der Waals surface area contributed by atoms with Crippen LogP contribution in [0.5, 0.6) is 0 Å². The van der Waals surface area contributed by atoms with Crippen LogP contribution in [0.1, 0.15) is 23.2 Å². The van der Waals surface area contributed by atoms with Gasteiger partial charge in [0.2, 0.25) is 5.28 Å². The molecule has 2 aromatic rings. The minimum Gasteiger partial charge on any atom is -0.349 e. The Balaban J connectivity index is 1.97. The molecule has 1 amide bonds. The van der Waals surface area contributed by atoms with Crippen molar-refractivity contribution in [3.63, 3.8) is 0 Å². The summed E-state index contributed by atoms with van der Waals surface area (Å²) >= 11 is 5.93. The van der Waals surface area contributed by atoms with Crippen molar-refractivity contribution in [3.8, 4) is 0 Å². The third kappa shape index (κ3) is 1.89. The molecule has 0 radical (unpaired) electrons. The van der Waals surface area contributed by atoms with E-state index in [1.807, 2.05) is 13.1 Å². The Morgan fingerprint density at radius 2 is 2.29 bits per heavy atom. The molecule has 1 aromatic heterocycles. The Hall–Kier alpha value is -1.55. The van der Waals surface area contributed by atoms with Gasteiger partial charge in [0, 0.05) is 18.7 Å². The molecule has 17 heavy (non-hydrogen) atoms. The van der Waals surface area contributed by atoms with Crippen LogP contribution in [0, 0.1) is 0 Å². The second-order valence-corrected chi connectivity index (χ2v) is 4.73. The number of carbonyl (C=O) groups is 1. The summed E-state index contributed by atoms with van der Waals surface area (Å²) in [6.45, 7) is 0. The number of nitrogens with zero attached hydrogens (tertiary/aromatic N) is 2. The number of hydrogen-bond donors (Lipinski definition) is 1. The number of benzene rings is 1. The van der Waals surface area contributed by atoms with Gasteiger partial charge in [-0.2, -0.15) is 0 Å². The van der Waals surface area contributed by atoms with Crippen molar-refractivity contribution in [2.45, 2.75) is 18.9 Å². The number of nitrogens with one attached hydrogen (secondary N) is 1. The molecule has 1 saturated carbocycles. The van der Waals surface area contributed by atoms with Crippen LogP contribution in [0.25, 0.3) is 11.0 Å². The van der Waals surface area contributed by atoms with E-state index in [2.05, 4.69) is 10.3 Å². The Kier molecular flexibility index (Phi) is 2.33. The maximum Gasteiger partial charge on any atom is 0.251 e. The van der Waals surface area contributed by atoms with E-state index >= 15 is 0 Å². The van der Waals surface area contributed by atoms with Gasteiger partial charge in [-0.05, 0) is 42.6 Å². The predicted octanol–water partition coefficient (Wildman–Crippen LogP) is 2.12. The number of fused-ring (bicyclic) bond motifs is 1. The molecule has 1 heterocycles. The van der Waals surface area contributed by atoms with Gasteiger partial charge in [0.25, 0.3) is 5.91 Å². The molecule has 1 fully saturated rings. The molecule has 1 aliphatic carbocycles. The van der Waals surface area contributed by atoms with E-state index in [9.17, 15) is 4.79 Å². The van der Waals surface area contributed by atoms with Crippen molar-refractivity contribution in [1.82, 2.24) is 14.9 Å². The third-order valence-corrected chi connectivity index (χ3v) is 3.34. The van der Waals surface area contributed by atoms with Gasteiger partial charge in [0.05, 0.1) is 11.0 Å². The van der Waals surface area contributed by atoms with Gasteiger partial charge in [-0.1, -0.05) is 0 Å². The average molecular weight is 250 g/mol. The first-order valence-electron chi connectivity index (χ1n) is 5.58. The summed E-state index contributed by atoms with van der Waals surface area (Å²) in [5.41, 5.74) is 2.32. The minimum absolute atomic E-state index is 0.0313. The molecule has 0 unspecified atom stereocenters. The van der Waals surface area contributed by atoms with Gasteiger partial charge in [0.15, 0.2) is 0 Å². The Morgan fingerprint density at radius 1 is 1.53 bits per heavy atom. The summed E-state index contributed by atoms with van der Waals surface area (Å²) in [5, 5.41) is 3.38. The maximum atomic E-state index is 11.9. The first-order chi connectivity index (χ1) is 8.15. The molecule has 0 aliphatic heterocycles. The lowest BCUT2D eigenvalue weighted by atomic mass is 10.2. The number of aryl methyl sites for hydroxylation is 1. The highest BCUT2D eigenvalue weighted by Crippen LogP contribution is 2.22. The summed E-state index contributed by atoms with van der Waals surface area (Å²) in [6, 6.07) is 5.82. The lowest BCUT2D eigenvalue weighted by Gasteiger charge is -2.03. The van der Waals surface area contributed by atoms with Crippen LogP contribution in [0.15, 0.2) is 18.2 Å². The van der Waals surface area contributed by atoms with Crippen molar-refractivity contribution in [2.75, 3.05) is 0 Å². The van der Waals surface area contributed by atoms with Gasteiger partial charge in [-0.25, -0.2) is 4.98 Å². The molecule has 0 atom stereocenters. The lowest BCUT2D eigenvalue weighted by molar-refractivity contribution is 0.0951. The third-order valence-electron chi connectivity index (χ3n) is 3.00. The van der Waals surface area contributed by atoms with Crippen molar-refractivity contribution in [3.05, 3.63) is 29.0 Å². The number of halogens is 1. The van der Waals surface area contributed by atoms with Crippen LogP contribution in [0.4, 0.5) is 0 Å². The van der Waals surface area contributed by atoms with E-state index in [-0.39, 0.29) is 5.91 Å². The molecule has 1 aromatic carbocycles. The van der Waals surface area contributed by atoms with E-state index in [0.29, 0.717) is 16.9 Å². The minimum atomic E-state index is -0.0313. The van der Waals surface area contributed by atoms with E-state index in [1.165, 1.54) is 0 Å². The first kappa shape index (κ1) is 10.6. The van der Waals surface area contributed by atoms with Crippen molar-refractivity contribution in [2.24, 2.45) is 7.05 Å². The fourth-order valence-electron chi connectivity index (χ4n) is 1.81. The van der Waals surface area contributed by atoms with Gasteiger partial charge < -0.3 is 9.88 Å². The topological polar surface area (TPSA) is 46.9 Å². The second kappa shape index (κ2) is 3.74. The van der Waals surface area contributed by atoms with Gasteiger partial charge in [-0.3, -0.25) is 4.79 Å². The number of carbonyl (C=O) groups excluding carboxylic acids is 1. The molecule has 5 heteroatoms. The van der Waals surface area contributed by atoms with Gasteiger partial charge in [0.1, 0.15) is 0 Å². The van der Waals surface area contributed by atoms with E-state index in [0.717, 1.165) is 23.9 Å². The Morgan fingerprint density at radius 3 is 3.00 bits per heavy atom. The summed E-state index contributed by atoms with van der Waals surface area (Å²) in [4.78, 5) is 16.1. The van der Waals surface area contributed by atoms with Crippen LogP contribution in [-0.4, -0.2) is 21.5 Å². The molecular formula is C12H12ClN3O. The standard InChI is InChI=1S/C12H12ClN3O/c1-16-10-5-2-7(6-9(10)15-12(16)13)11(17)14-8-3-4-8/h2,5-6,8H,3-4H2,1H3,(H,14,17). The highest BCUT2D eigenvalue weighted by Gasteiger charge is 2.24. The Labute approximate surface area is 104 Å². The van der Waals surface area contributed by atoms with E-state index < -0.39 is 0 Å². The first-order valence-corrected chi connectivity index (χ1v) is 5.96. The van der Waals surface area contributed by atoms with Crippen molar-refractivity contribution in [1.29, 1.82) is 0 Å². The molecule has 0 spiro atoms. The van der Waals surface area contributed by atoms with Crippen LogP contribution < -0.4 is 5.32 Å². The maximum absolute atomic E-state index is 11.9. The van der Waals surface area contributed by atoms with Crippen molar-refractivity contribution < 1.29 is 4.79 Å². The summed E-state index contributed by atoms with van der Waals surface area (Å²) in [7, 11) is 1.85. The number of aromatic nitrogens is 2. The van der Waals surface area contributed by atoms with Gasteiger partial charge in [-0.15, -0.1) is 0 Å². The number of rotatable bonds is 2. The molecule has 88 valence electrons. The highest BCUT2D eigenvalue weighted by atomic mass is 35.5. The normalized spacial score (nSPS) is 15.2. The summed E-state index contributed by atoms with van der Waals surface area (Å²) < 4.78 is 1.79. The monoisotopic (exact) mass is 249 g/mol. The fraction of sp³-hybridized carbons (Fsp3) is 0.333. The summed E-state index contributed by atoms with van der Waals surface area (Å²) in [5.74, 6) is -0.0313. The zero-order valence-corrected chi connectivity index (χ0v) is 10.2. The molecule has 1 aliphatic rings. The lowest BCUT2D eigenvalue weighted by Crippen LogP contribution is -2.25. The molecule has 3 rings (SSSR count). The van der Waals surface area contributed by atoms with Crippen LogP contribution >= 0.6 is 11.6 Å². The number of imidazole rings is 1. The highest BCUT2D eigenvalue weighted by molar-refractivity contribution is 6.29. The molecule has 4 nitrogen and oxygen atoms in total. The number of amides is 1. The zero-order chi connectivity index (χ0) is 12.0.